The summed E-state index contributed by atoms with van der Waals surface area (Å²) in [5.74, 6) is 0.743. The highest BCUT2D eigenvalue weighted by molar-refractivity contribution is 5.94. The zero-order chi connectivity index (χ0) is 14.7. The molecular weight excluding hydrogens is 264 g/mol. The summed E-state index contributed by atoms with van der Waals surface area (Å²) in [4.78, 5) is 21.3. The molecule has 2 aromatic heterocycles. The number of aromatic nitrogens is 3. The van der Waals surface area contributed by atoms with E-state index in [0.29, 0.717) is 12.1 Å². The summed E-state index contributed by atoms with van der Waals surface area (Å²) in [6, 6.07) is 11.5. The van der Waals surface area contributed by atoms with Gasteiger partial charge in [0.2, 0.25) is 0 Å². The minimum absolute atomic E-state index is 0.0274. The van der Waals surface area contributed by atoms with E-state index in [2.05, 4.69) is 9.97 Å². The number of amides is 1. The Bertz CT molecular complexity index is 717. The van der Waals surface area contributed by atoms with E-state index in [4.69, 9.17) is 0 Å². The molecule has 0 saturated heterocycles. The lowest BCUT2D eigenvalue weighted by Gasteiger charge is -2.16. The number of aromatic amines is 1. The largest absolute Gasteiger partial charge is 0.347 e. The molecular formula is C16H16N4O. The van der Waals surface area contributed by atoms with Crippen LogP contribution in [0.1, 0.15) is 16.2 Å². The van der Waals surface area contributed by atoms with Gasteiger partial charge in [-0.05, 0) is 30.3 Å². The van der Waals surface area contributed by atoms with Gasteiger partial charge in [-0.15, -0.1) is 0 Å². The highest BCUT2D eigenvalue weighted by atomic mass is 16.2. The lowest BCUT2D eigenvalue weighted by molar-refractivity contribution is 0.0782. The molecule has 0 fully saturated rings. The highest BCUT2D eigenvalue weighted by Gasteiger charge is 2.13. The number of imidazole rings is 1. The molecule has 0 bridgehead atoms. The van der Waals surface area contributed by atoms with E-state index in [1.165, 1.54) is 0 Å². The van der Waals surface area contributed by atoms with Gasteiger partial charge in [-0.25, -0.2) is 4.98 Å². The van der Waals surface area contributed by atoms with E-state index in [0.717, 1.165) is 11.5 Å². The minimum atomic E-state index is -0.0274. The average molecular weight is 280 g/mol. The van der Waals surface area contributed by atoms with Crippen molar-refractivity contribution >= 4 is 5.91 Å². The third kappa shape index (κ3) is 2.86. The quantitative estimate of drug-likeness (QED) is 0.798. The summed E-state index contributed by atoms with van der Waals surface area (Å²) >= 11 is 0. The van der Waals surface area contributed by atoms with Crippen LogP contribution in [0.15, 0.2) is 61.2 Å². The van der Waals surface area contributed by atoms with Crippen molar-refractivity contribution in [3.05, 3.63) is 72.6 Å². The average Bonchev–Trinajstić information content (AvgIpc) is 3.20. The van der Waals surface area contributed by atoms with Gasteiger partial charge in [0.1, 0.15) is 5.82 Å². The number of H-pyrrole nitrogens is 1. The van der Waals surface area contributed by atoms with Gasteiger partial charge in [0.15, 0.2) is 0 Å². The Morgan fingerprint density at radius 2 is 2.10 bits per heavy atom. The van der Waals surface area contributed by atoms with E-state index in [1.54, 1.807) is 24.3 Å². The standard InChI is InChI=1S/C16H16N4O/c1-19(12-15-17-7-8-18-15)16(21)13-5-4-6-14(11-13)20-9-2-3-10-20/h2-11H,12H2,1H3,(H,17,18). The monoisotopic (exact) mass is 280 g/mol. The SMILES string of the molecule is CN(Cc1ncc[nH]1)C(=O)c1cccc(-n2cccc2)c1. The van der Waals surface area contributed by atoms with E-state index in [9.17, 15) is 4.79 Å². The third-order valence-electron chi connectivity index (χ3n) is 3.28. The van der Waals surface area contributed by atoms with Gasteiger partial charge in [0, 0.05) is 43.1 Å². The molecule has 5 heteroatoms. The number of rotatable bonds is 4. The topological polar surface area (TPSA) is 53.9 Å². The lowest BCUT2D eigenvalue weighted by atomic mass is 10.1. The molecule has 3 aromatic rings. The van der Waals surface area contributed by atoms with Crippen LogP contribution in [0.2, 0.25) is 0 Å². The first-order chi connectivity index (χ1) is 10.2. The van der Waals surface area contributed by atoms with Crippen LogP contribution in [0, 0.1) is 0 Å². The van der Waals surface area contributed by atoms with Gasteiger partial charge in [-0.2, -0.15) is 0 Å². The predicted molar refractivity (Wildman–Crippen MR) is 80.2 cm³/mol. The van der Waals surface area contributed by atoms with Gasteiger partial charge in [-0.3, -0.25) is 4.79 Å². The molecule has 2 heterocycles. The van der Waals surface area contributed by atoms with Gasteiger partial charge in [0.25, 0.3) is 5.91 Å². The Kier molecular flexibility index (Phi) is 3.55. The molecule has 1 aromatic carbocycles. The van der Waals surface area contributed by atoms with E-state index >= 15 is 0 Å². The molecule has 0 aliphatic rings. The molecule has 3 rings (SSSR count). The second-order valence-electron chi connectivity index (χ2n) is 4.84. The molecule has 0 radical (unpaired) electrons. The molecule has 1 N–H and O–H groups in total. The fraction of sp³-hybridized carbons (Fsp3) is 0.125. The second kappa shape index (κ2) is 5.66. The van der Waals surface area contributed by atoms with Gasteiger partial charge < -0.3 is 14.5 Å². The van der Waals surface area contributed by atoms with Crippen LogP contribution in [0.5, 0.6) is 0 Å². The smallest absolute Gasteiger partial charge is 0.254 e. The van der Waals surface area contributed by atoms with E-state index < -0.39 is 0 Å². The third-order valence-corrected chi connectivity index (χ3v) is 3.28. The summed E-state index contributed by atoms with van der Waals surface area (Å²) in [6.45, 7) is 0.458. The summed E-state index contributed by atoms with van der Waals surface area (Å²) < 4.78 is 1.98. The molecule has 1 amide bonds. The molecule has 0 aliphatic heterocycles. The van der Waals surface area contributed by atoms with Crippen LogP contribution >= 0.6 is 0 Å². The van der Waals surface area contributed by atoms with Crippen molar-refractivity contribution in [2.75, 3.05) is 7.05 Å². The van der Waals surface area contributed by atoms with Crippen molar-refractivity contribution in [1.82, 2.24) is 19.4 Å². The number of benzene rings is 1. The van der Waals surface area contributed by atoms with Crippen LogP contribution in [0.25, 0.3) is 5.69 Å². The fourth-order valence-corrected chi connectivity index (χ4v) is 2.21. The summed E-state index contributed by atoms with van der Waals surface area (Å²) in [5.41, 5.74) is 1.63. The fourth-order valence-electron chi connectivity index (χ4n) is 2.21. The van der Waals surface area contributed by atoms with Crippen LogP contribution in [-0.4, -0.2) is 32.4 Å². The predicted octanol–water partition coefficient (Wildman–Crippen LogP) is 2.47. The molecule has 0 aliphatic carbocycles. The van der Waals surface area contributed by atoms with E-state index in [-0.39, 0.29) is 5.91 Å². The molecule has 0 saturated carbocycles. The number of hydrogen-bond donors (Lipinski definition) is 1. The number of nitrogens with one attached hydrogen (secondary N) is 1. The Hall–Kier alpha value is -2.82. The zero-order valence-electron chi connectivity index (χ0n) is 11.7. The van der Waals surface area contributed by atoms with Gasteiger partial charge in [-0.1, -0.05) is 6.07 Å². The second-order valence-corrected chi connectivity index (χ2v) is 4.84. The van der Waals surface area contributed by atoms with Crippen molar-refractivity contribution in [2.45, 2.75) is 6.54 Å². The Morgan fingerprint density at radius 3 is 2.81 bits per heavy atom. The number of hydrogen-bond acceptors (Lipinski definition) is 2. The van der Waals surface area contributed by atoms with Crippen molar-refractivity contribution in [3.63, 3.8) is 0 Å². The Labute approximate surface area is 122 Å². The van der Waals surface area contributed by atoms with Crippen molar-refractivity contribution in [2.24, 2.45) is 0 Å². The molecule has 0 atom stereocenters. The normalized spacial score (nSPS) is 10.5. The summed E-state index contributed by atoms with van der Waals surface area (Å²) in [5, 5.41) is 0. The van der Waals surface area contributed by atoms with Crippen molar-refractivity contribution < 1.29 is 4.79 Å². The molecule has 0 unspecified atom stereocenters. The van der Waals surface area contributed by atoms with Gasteiger partial charge >= 0.3 is 0 Å². The molecule has 0 spiro atoms. The Balaban J connectivity index is 1.80. The highest BCUT2D eigenvalue weighted by Crippen LogP contribution is 2.13. The number of nitrogens with zero attached hydrogens (tertiary/aromatic N) is 3. The number of carbonyl (C=O) groups is 1. The van der Waals surface area contributed by atoms with Crippen LogP contribution in [0.4, 0.5) is 0 Å². The minimum Gasteiger partial charge on any atom is -0.347 e. The van der Waals surface area contributed by atoms with Crippen LogP contribution in [-0.2, 0) is 6.54 Å². The maximum Gasteiger partial charge on any atom is 0.254 e. The first-order valence-corrected chi connectivity index (χ1v) is 6.71. The van der Waals surface area contributed by atoms with Crippen LogP contribution < -0.4 is 0 Å². The maximum absolute atomic E-state index is 12.5. The van der Waals surface area contributed by atoms with Gasteiger partial charge in [0.05, 0.1) is 6.54 Å². The van der Waals surface area contributed by atoms with E-state index in [1.807, 2.05) is 53.4 Å². The van der Waals surface area contributed by atoms with Crippen molar-refractivity contribution in [3.8, 4) is 5.69 Å². The molecule has 106 valence electrons. The molecule has 21 heavy (non-hydrogen) atoms. The Morgan fingerprint density at radius 1 is 1.29 bits per heavy atom. The van der Waals surface area contributed by atoms with Crippen LogP contribution in [0.3, 0.4) is 0 Å². The lowest BCUT2D eigenvalue weighted by Crippen LogP contribution is -2.26. The first kappa shape index (κ1) is 13.2. The number of carbonyl (C=O) groups excluding carboxylic acids is 1. The first-order valence-electron chi connectivity index (χ1n) is 6.71. The van der Waals surface area contributed by atoms with Crippen molar-refractivity contribution in [1.29, 1.82) is 0 Å². The zero-order valence-corrected chi connectivity index (χ0v) is 11.7. The summed E-state index contributed by atoms with van der Waals surface area (Å²) in [7, 11) is 1.77. The molecule has 5 nitrogen and oxygen atoms in total. The maximum atomic E-state index is 12.5. The summed E-state index contributed by atoms with van der Waals surface area (Å²) in [6.07, 6.45) is 7.34.